The van der Waals surface area contributed by atoms with Crippen molar-refractivity contribution >= 4 is 22.9 Å². The van der Waals surface area contributed by atoms with Crippen LogP contribution in [0.25, 0.3) is 10.9 Å². The molecule has 1 aliphatic heterocycles. The van der Waals surface area contributed by atoms with Gasteiger partial charge in [-0.2, -0.15) is 0 Å². The summed E-state index contributed by atoms with van der Waals surface area (Å²) in [5.74, 6) is 0.366. The molecule has 1 aliphatic carbocycles. The van der Waals surface area contributed by atoms with E-state index in [1.165, 1.54) is 4.90 Å². The van der Waals surface area contributed by atoms with Crippen molar-refractivity contribution in [2.24, 2.45) is 0 Å². The van der Waals surface area contributed by atoms with Crippen LogP contribution in [0.4, 0.5) is 4.79 Å². The Bertz CT molecular complexity index is 850. The molecule has 2 aromatic rings. The lowest BCUT2D eigenvalue weighted by Gasteiger charge is -2.22. The Labute approximate surface area is 151 Å². The summed E-state index contributed by atoms with van der Waals surface area (Å²) in [6.07, 6.45) is 2.72. The maximum Gasteiger partial charge on any atom is 0.407 e. The van der Waals surface area contributed by atoms with E-state index in [1.807, 2.05) is 24.3 Å². The van der Waals surface area contributed by atoms with Gasteiger partial charge < -0.3 is 20.1 Å². The predicted octanol–water partition coefficient (Wildman–Crippen LogP) is 2.65. The lowest BCUT2D eigenvalue weighted by atomic mass is 10.1. The first-order chi connectivity index (χ1) is 12.6. The summed E-state index contributed by atoms with van der Waals surface area (Å²) < 4.78 is 5.97. The molecular weight excluding hydrogens is 334 g/mol. The van der Waals surface area contributed by atoms with Crippen LogP contribution in [0.3, 0.4) is 0 Å². The zero-order valence-electron chi connectivity index (χ0n) is 14.4. The van der Waals surface area contributed by atoms with E-state index < -0.39 is 6.09 Å². The van der Waals surface area contributed by atoms with E-state index in [2.05, 4.69) is 10.3 Å². The van der Waals surface area contributed by atoms with Gasteiger partial charge in [0, 0.05) is 24.0 Å². The highest BCUT2D eigenvalue weighted by molar-refractivity contribution is 5.97. The monoisotopic (exact) mass is 355 g/mol. The minimum absolute atomic E-state index is 0.164. The van der Waals surface area contributed by atoms with E-state index in [0.717, 1.165) is 31.1 Å². The van der Waals surface area contributed by atoms with Gasteiger partial charge in [-0.15, -0.1) is 0 Å². The molecule has 4 rings (SSSR count). The first kappa shape index (κ1) is 16.6. The number of rotatable bonds is 5. The van der Waals surface area contributed by atoms with Gasteiger partial charge in [-0.3, -0.25) is 4.79 Å². The van der Waals surface area contributed by atoms with Gasteiger partial charge in [0.15, 0.2) is 0 Å². The summed E-state index contributed by atoms with van der Waals surface area (Å²) in [6, 6.07) is 9.23. The molecule has 2 heterocycles. The standard InChI is InChI=1S/C19H21N3O4/c23-18(20-12-7-8-12)16-10-17(14-5-1-2-6-15(14)21-16)26-11-13-4-3-9-22(13)19(24)25/h1-2,5-6,10,12-13H,3-4,7-9,11H2,(H,20,23)(H,24,25). The Morgan fingerprint density at radius 3 is 2.85 bits per heavy atom. The van der Waals surface area contributed by atoms with Crippen molar-refractivity contribution in [3.63, 3.8) is 0 Å². The molecule has 1 atom stereocenters. The molecule has 2 aliphatic rings. The van der Waals surface area contributed by atoms with Crippen LogP contribution in [-0.2, 0) is 0 Å². The number of aromatic nitrogens is 1. The molecule has 7 nitrogen and oxygen atoms in total. The van der Waals surface area contributed by atoms with Crippen LogP contribution in [0.1, 0.15) is 36.2 Å². The fourth-order valence-electron chi connectivity index (χ4n) is 3.31. The fraction of sp³-hybridized carbons (Fsp3) is 0.421. The minimum atomic E-state index is -0.916. The number of amides is 2. The zero-order chi connectivity index (χ0) is 18.1. The topological polar surface area (TPSA) is 91.8 Å². The second-order valence-electron chi connectivity index (χ2n) is 6.85. The molecule has 2 amide bonds. The Balaban J connectivity index is 1.58. The maximum atomic E-state index is 12.4. The number of carboxylic acid groups (broad SMARTS) is 1. The molecule has 1 saturated carbocycles. The summed E-state index contributed by atoms with van der Waals surface area (Å²) in [7, 11) is 0. The highest BCUT2D eigenvalue weighted by Gasteiger charge is 2.29. The molecule has 26 heavy (non-hydrogen) atoms. The van der Waals surface area contributed by atoms with Gasteiger partial charge in [0.1, 0.15) is 18.1 Å². The number of pyridine rings is 1. The summed E-state index contributed by atoms with van der Waals surface area (Å²) in [5.41, 5.74) is 1.01. The number of benzene rings is 1. The van der Waals surface area contributed by atoms with Crippen LogP contribution in [0, 0.1) is 0 Å². The van der Waals surface area contributed by atoms with Crippen LogP contribution >= 0.6 is 0 Å². The normalized spacial score (nSPS) is 19.5. The summed E-state index contributed by atoms with van der Waals surface area (Å²) in [5, 5.41) is 13.0. The molecule has 2 N–H and O–H groups in total. The average molecular weight is 355 g/mol. The maximum absolute atomic E-state index is 12.4. The second-order valence-corrected chi connectivity index (χ2v) is 6.85. The largest absolute Gasteiger partial charge is 0.491 e. The number of nitrogens with zero attached hydrogens (tertiary/aromatic N) is 2. The van der Waals surface area contributed by atoms with Crippen molar-refractivity contribution in [2.75, 3.05) is 13.2 Å². The van der Waals surface area contributed by atoms with Crippen LogP contribution < -0.4 is 10.1 Å². The van der Waals surface area contributed by atoms with Gasteiger partial charge in [-0.1, -0.05) is 12.1 Å². The predicted molar refractivity (Wildman–Crippen MR) is 95.5 cm³/mol. The van der Waals surface area contributed by atoms with E-state index in [4.69, 9.17) is 4.74 Å². The second kappa shape index (κ2) is 6.82. The Kier molecular flexibility index (Phi) is 4.36. The molecule has 136 valence electrons. The lowest BCUT2D eigenvalue weighted by Crippen LogP contribution is -2.38. The van der Waals surface area contributed by atoms with E-state index >= 15 is 0 Å². The molecular formula is C19H21N3O4. The van der Waals surface area contributed by atoms with Crippen molar-refractivity contribution in [3.05, 3.63) is 36.0 Å². The van der Waals surface area contributed by atoms with E-state index in [0.29, 0.717) is 23.5 Å². The number of hydrogen-bond donors (Lipinski definition) is 2. The van der Waals surface area contributed by atoms with Crippen LogP contribution in [-0.4, -0.2) is 52.2 Å². The number of para-hydroxylation sites is 1. The summed E-state index contributed by atoms with van der Waals surface area (Å²) in [4.78, 5) is 29.5. The smallest absolute Gasteiger partial charge is 0.407 e. The first-order valence-electron chi connectivity index (χ1n) is 8.95. The van der Waals surface area contributed by atoms with E-state index in [1.54, 1.807) is 6.07 Å². The average Bonchev–Trinajstić information content (AvgIpc) is 3.32. The fourth-order valence-corrected chi connectivity index (χ4v) is 3.31. The minimum Gasteiger partial charge on any atom is -0.491 e. The first-order valence-corrected chi connectivity index (χ1v) is 8.95. The molecule has 7 heteroatoms. The Morgan fingerprint density at radius 2 is 2.08 bits per heavy atom. The number of hydrogen-bond acceptors (Lipinski definition) is 4. The number of likely N-dealkylation sites (tertiary alicyclic amines) is 1. The number of carbonyl (C=O) groups excluding carboxylic acids is 1. The molecule has 0 radical (unpaired) electrons. The van der Waals surface area contributed by atoms with Gasteiger partial charge in [-0.05, 0) is 37.8 Å². The molecule has 1 unspecified atom stereocenters. The van der Waals surface area contributed by atoms with E-state index in [9.17, 15) is 14.7 Å². The zero-order valence-corrected chi connectivity index (χ0v) is 14.4. The molecule has 1 aromatic heterocycles. The third-order valence-corrected chi connectivity index (χ3v) is 4.88. The molecule has 1 aromatic carbocycles. The van der Waals surface area contributed by atoms with Crippen molar-refractivity contribution < 1.29 is 19.4 Å². The lowest BCUT2D eigenvalue weighted by molar-refractivity contribution is 0.0946. The van der Waals surface area contributed by atoms with Crippen LogP contribution in [0.2, 0.25) is 0 Å². The Hall–Kier alpha value is -2.83. The molecule has 0 bridgehead atoms. The molecule has 2 fully saturated rings. The van der Waals surface area contributed by atoms with Gasteiger partial charge in [-0.25, -0.2) is 9.78 Å². The number of fused-ring (bicyclic) bond motifs is 1. The molecule has 1 saturated heterocycles. The number of carbonyl (C=O) groups is 2. The molecule has 0 spiro atoms. The summed E-state index contributed by atoms with van der Waals surface area (Å²) >= 11 is 0. The quantitative estimate of drug-likeness (QED) is 0.860. The highest BCUT2D eigenvalue weighted by atomic mass is 16.5. The van der Waals surface area contributed by atoms with Gasteiger partial charge in [0.2, 0.25) is 0 Å². The van der Waals surface area contributed by atoms with Crippen LogP contribution in [0.5, 0.6) is 5.75 Å². The highest BCUT2D eigenvalue weighted by Crippen LogP contribution is 2.28. The third-order valence-electron chi connectivity index (χ3n) is 4.88. The van der Waals surface area contributed by atoms with Crippen molar-refractivity contribution in [3.8, 4) is 5.75 Å². The van der Waals surface area contributed by atoms with E-state index in [-0.39, 0.29) is 24.6 Å². The van der Waals surface area contributed by atoms with Gasteiger partial charge >= 0.3 is 6.09 Å². The van der Waals surface area contributed by atoms with Crippen LogP contribution in [0.15, 0.2) is 30.3 Å². The number of nitrogens with one attached hydrogen (secondary N) is 1. The Morgan fingerprint density at radius 1 is 1.27 bits per heavy atom. The van der Waals surface area contributed by atoms with Gasteiger partial charge in [0.25, 0.3) is 5.91 Å². The van der Waals surface area contributed by atoms with Gasteiger partial charge in [0.05, 0.1) is 11.6 Å². The number of ether oxygens (including phenoxy) is 1. The van der Waals surface area contributed by atoms with Crippen molar-refractivity contribution in [1.29, 1.82) is 0 Å². The third kappa shape index (κ3) is 3.42. The SMILES string of the molecule is O=C(NC1CC1)c1cc(OCC2CCCN2C(=O)O)c2ccccc2n1. The summed E-state index contributed by atoms with van der Waals surface area (Å²) in [6.45, 7) is 0.805. The van der Waals surface area contributed by atoms with Crippen molar-refractivity contribution in [2.45, 2.75) is 37.8 Å². The van der Waals surface area contributed by atoms with Crippen molar-refractivity contribution in [1.82, 2.24) is 15.2 Å².